The molecule has 1 aromatic heterocycles. The smallest absolute Gasteiger partial charge is 0.324 e. The van der Waals surface area contributed by atoms with Gasteiger partial charge in [-0.2, -0.15) is 0 Å². The average Bonchev–Trinajstić information content (AvgIpc) is 2.46. The van der Waals surface area contributed by atoms with Gasteiger partial charge in [0.25, 0.3) is 0 Å². The molecule has 0 aliphatic carbocycles. The third-order valence-corrected chi connectivity index (χ3v) is 3.57. The van der Waals surface area contributed by atoms with Gasteiger partial charge in [-0.1, -0.05) is 11.6 Å². The Hall–Kier alpha value is -2.67. The highest BCUT2D eigenvalue weighted by Crippen LogP contribution is 2.19. The zero-order chi connectivity index (χ0) is 17.1. The minimum Gasteiger partial charge on any atom is -0.324 e. The number of hydrogen-bond acceptors (Lipinski definition) is 4. The molecule has 1 N–H and O–H groups in total. The lowest BCUT2D eigenvalue weighted by molar-refractivity contribution is -0.386. The van der Waals surface area contributed by atoms with Crippen molar-refractivity contribution >= 4 is 28.9 Å². The van der Waals surface area contributed by atoms with E-state index >= 15 is 0 Å². The summed E-state index contributed by atoms with van der Waals surface area (Å²) in [6.45, 7) is 3.08. The Morgan fingerprint density at radius 3 is 2.61 bits per heavy atom. The monoisotopic (exact) mass is 335 g/mol. The number of amides is 1. The van der Waals surface area contributed by atoms with Gasteiger partial charge in [0.1, 0.15) is 6.54 Å². The third-order valence-electron chi connectivity index (χ3n) is 3.33. The Bertz CT molecular complexity index is 845. The van der Waals surface area contributed by atoms with Crippen LogP contribution in [0.4, 0.5) is 11.4 Å². The van der Waals surface area contributed by atoms with Gasteiger partial charge in [0, 0.05) is 22.5 Å². The maximum Gasteiger partial charge on any atom is 0.334 e. The van der Waals surface area contributed by atoms with Crippen LogP contribution in [0.1, 0.15) is 11.3 Å². The lowest BCUT2D eigenvalue weighted by Crippen LogP contribution is -2.30. The van der Waals surface area contributed by atoms with Gasteiger partial charge < -0.3 is 5.32 Å². The normalized spacial score (nSPS) is 10.4. The Morgan fingerprint density at radius 1 is 1.30 bits per heavy atom. The number of benzene rings is 1. The van der Waals surface area contributed by atoms with E-state index in [-0.39, 0.29) is 6.54 Å². The van der Waals surface area contributed by atoms with Gasteiger partial charge in [-0.15, -0.1) is 0 Å². The highest BCUT2D eigenvalue weighted by atomic mass is 35.5. The van der Waals surface area contributed by atoms with E-state index < -0.39 is 22.1 Å². The molecule has 7 nitrogen and oxygen atoms in total. The zero-order valence-electron chi connectivity index (χ0n) is 12.5. The van der Waals surface area contributed by atoms with Crippen LogP contribution in [-0.2, 0) is 11.3 Å². The lowest BCUT2D eigenvalue weighted by Gasteiger charge is -2.11. The summed E-state index contributed by atoms with van der Waals surface area (Å²) in [4.78, 5) is 34.2. The number of rotatable bonds is 4. The second-order valence-corrected chi connectivity index (χ2v) is 5.45. The minimum absolute atomic E-state index is 0.311. The fourth-order valence-corrected chi connectivity index (χ4v) is 2.32. The Balaban J connectivity index is 2.25. The highest BCUT2D eigenvalue weighted by Gasteiger charge is 2.17. The number of carbonyl (C=O) groups is 1. The minimum atomic E-state index is -0.807. The summed E-state index contributed by atoms with van der Waals surface area (Å²) in [5, 5.41) is 14.0. The molecule has 0 saturated carbocycles. The first kappa shape index (κ1) is 16.7. The first-order valence-electron chi connectivity index (χ1n) is 6.70. The molecule has 0 fully saturated rings. The second-order valence-electron chi connectivity index (χ2n) is 5.02. The Kier molecular flexibility index (Phi) is 4.80. The lowest BCUT2D eigenvalue weighted by atomic mass is 10.2. The molecular weight excluding hydrogens is 322 g/mol. The van der Waals surface area contributed by atoms with E-state index in [4.69, 9.17) is 11.6 Å². The van der Waals surface area contributed by atoms with Crippen molar-refractivity contribution < 1.29 is 9.72 Å². The molecule has 8 heteroatoms. The molecular formula is C15H14ClN3O4. The molecule has 0 aliphatic heterocycles. The first-order chi connectivity index (χ1) is 10.8. The van der Waals surface area contributed by atoms with Crippen LogP contribution < -0.4 is 10.9 Å². The molecule has 120 valence electrons. The zero-order valence-corrected chi connectivity index (χ0v) is 13.3. The van der Waals surface area contributed by atoms with Gasteiger partial charge in [0.15, 0.2) is 0 Å². The molecule has 0 saturated heterocycles. The predicted octanol–water partition coefficient (Wildman–Crippen LogP) is 2.67. The predicted molar refractivity (Wildman–Crippen MR) is 86.9 cm³/mol. The summed E-state index contributed by atoms with van der Waals surface area (Å²) < 4.78 is 1.07. The molecule has 1 aromatic carbocycles. The molecule has 0 unspecified atom stereocenters. The standard InChI is InChI=1S/C15H14ClN3O4/c1-9-7-11(16)4-5-12(9)17-14(20)8-18-10(2)3-6-13(15(18)21)19(22)23/h3-7H,8H2,1-2H3,(H,17,20). The van der Waals surface area contributed by atoms with Crippen LogP contribution in [-0.4, -0.2) is 15.4 Å². The van der Waals surface area contributed by atoms with Crippen molar-refractivity contribution in [2.75, 3.05) is 5.32 Å². The molecule has 23 heavy (non-hydrogen) atoms. The van der Waals surface area contributed by atoms with E-state index in [2.05, 4.69) is 5.32 Å². The fourth-order valence-electron chi connectivity index (χ4n) is 2.10. The largest absolute Gasteiger partial charge is 0.334 e. The third kappa shape index (κ3) is 3.75. The van der Waals surface area contributed by atoms with Crippen LogP contribution in [0.2, 0.25) is 5.02 Å². The second kappa shape index (κ2) is 6.62. The molecule has 0 spiro atoms. The molecule has 1 heterocycles. The van der Waals surface area contributed by atoms with Crippen molar-refractivity contribution in [1.29, 1.82) is 0 Å². The highest BCUT2D eigenvalue weighted by molar-refractivity contribution is 6.30. The number of nitrogens with one attached hydrogen (secondary N) is 1. The van der Waals surface area contributed by atoms with E-state index in [1.807, 2.05) is 0 Å². The van der Waals surface area contributed by atoms with Crippen molar-refractivity contribution in [1.82, 2.24) is 4.57 Å². The van der Waals surface area contributed by atoms with Crippen LogP contribution in [0, 0.1) is 24.0 Å². The van der Waals surface area contributed by atoms with Crippen LogP contribution in [0.15, 0.2) is 35.1 Å². The molecule has 2 rings (SSSR count). The van der Waals surface area contributed by atoms with Gasteiger partial charge in [-0.05, 0) is 43.7 Å². The van der Waals surface area contributed by atoms with Crippen LogP contribution >= 0.6 is 11.6 Å². The summed E-state index contributed by atoms with van der Waals surface area (Å²) >= 11 is 5.85. The number of carbonyl (C=O) groups excluding carboxylic acids is 1. The van der Waals surface area contributed by atoms with E-state index in [1.54, 1.807) is 32.0 Å². The van der Waals surface area contributed by atoms with E-state index in [0.717, 1.165) is 16.2 Å². The van der Waals surface area contributed by atoms with Crippen molar-refractivity contribution in [2.45, 2.75) is 20.4 Å². The van der Waals surface area contributed by atoms with Gasteiger partial charge in [-0.25, -0.2) is 0 Å². The van der Waals surface area contributed by atoms with Crippen molar-refractivity contribution in [3.8, 4) is 0 Å². The number of anilines is 1. The maximum absolute atomic E-state index is 12.1. The van der Waals surface area contributed by atoms with Crippen molar-refractivity contribution in [3.05, 3.63) is 67.1 Å². The molecule has 0 aliphatic rings. The van der Waals surface area contributed by atoms with Gasteiger partial charge >= 0.3 is 11.2 Å². The maximum atomic E-state index is 12.1. The molecule has 1 amide bonds. The summed E-state index contributed by atoms with van der Waals surface area (Å²) in [6.07, 6.45) is 0. The number of halogens is 1. The topological polar surface area (TPSA) is 94.2 Å². The van der Waals surface area contributed by atoms with Crippen LogP contribution in [0.5, 0.6) is 0 Å². The van der Waals surface area contributed by atoms with Crippen molar-refractivity contribution in [3.63, 3.8) is 0 Å². The molecule has 0 radical (unpaired) electrons. The number of nitrogens with zero attached hydrogens (tertiary/aromatic N) is 2. The van der Waals surface area contributed by atoms with Crippen LogP contribution in [0.25, 0.3) is 0 Å². The van der Waals surface area contributed by atoms with E-state index in [1.165, 1.54) is 6.07 Å². The summed E-state index contributed by atoms with van der Waals surface area (Å²) in [6, 6.07) is 7.55. The number of hydrogen-bond donors (Lipinski definition) is 1. The van der Waals surface area contributed by atoms with Gasteiger partial charge in [0.2, 0.25) is 5.91 Å². The fraction of sp³-hybridized carbons (Fsp3) is 0.200. The summed E-state index contributed by atoms with van der Waals surface area (Å²) in [5.41, 5.74) is 0.428. The van der Waals surface area contributed by atoms with Crippen molar-refractivity contribution in [2.24, 2.45) is 0 Å². The average molecular weight is 336 g/mol. The van der Waals surface area contributed by atoms with E-state index in [9.17, 15) is 19.7 Å². The Morgan fingerprint density at radius 2 is 2.00 bits per heavy atom. The number of nitro groups is 1. The number of aromatic nitrogens is 1. The summed E-state index contributed by atoms with van der Waals surface area (Å²) in [5.74, 6) is -0.457. The SMILES string of the molecule is Cc1cc(Cl)ccc1NC(=O)Cn1c(C)ccc([N+](=O)[O-])c1=O. The molecule has 0 atom stereocenters. The van der Waals surface area contributed by atoms with Crippen LogP contribution in [0.3, 0.4) is 0 Å². The Labute approximate surface area is 136 Å². The van der Waals surface area contributed by atoms with Gasteiger partial charge in [0.05, 0.1) is 4.92 Å². The van der Waals surface area contributed by atoms with E-state index in [0.29, 0.717) is 16.4 Å². The quantitative estimate of drug-likeness (QED) is 0.686. The molecule has 0 bridgehead atoms. The number of aryl methyl sites for hydroxylation is 2. The summed E-state index contributed by atoms with van der Waals surface area (Å²) in [7, 11) is 0. The first-order valence-corrected chi connectivity index (χ1v) is 7.08. The molecule has 2 aromatic rings. The van der Waals surface area contributed by atoms with Gasteiger partial charge in [-0.3, -0.25) is 24.3 Å². The number of pyridine rings is 1.